The molecule has 1 fully saturated rings. The van der Waals surface area contributed by atoms with Gasteiger partial charge in [-0.2, -0.15) is 0 Å². The van der Waals surface area contributed by atoms with Crippen LogP contribution in [0.2, 0.25) is 10.0 Å². The number of benzene rings is 1. The molecule has 0 aromatic heterocycles. The summed E-state index contributed by atoms with van der Waals surface area (Å²) in [5.74, 6) is 0.197. The molecule has 0 saturated carbocycles. The van der Waals surface area contributed by atoms with Crippen molar-refractivity contribution < 1.29 is 9.59 Å². The van der Waals surface area contributed by atoms with Crippen LogP contribution in [0.3, 0.4) is 0 Å². The van der Waals surface area contributed by atoms with Crippen LogP contribution in [-0.4, -0.2) is 29.3 Å². The van der Waals surface area contributed by atoms with Crippen molar-refractivity contribution in [2.45, 2.75) is 38.1 Å². The molecule has 1 aliphatic heterocycles. The third-order valence-corrected chi connectivity index (χ3v) is 4.99. The van der Waals surface area contributed by atoms with E-state index in [9.17, 15) is 9.59 Å². The van der Waals surface area contributed by atoms with Crippen molar-refractivity contribution in [2.24, 2.45) is 5.92 Å². The van der Waals surface area contributed by atoms with Crippen molar-refractivity contribution >= 4 is 40.7 Å². The molecule has 0 radical (unpaired) electrons. The molecular weight excluding hydrogens is 347 g/mol. The highest BCUT2D eigenvalue weighted by molar-refractivity contribution is 6.35. The van der Waals surface area contributed by atoms with E-state index < -0.39 is 6.04 Å². The van der Waals surface area contributed by atoms with Gasteiger partial charge in [-0.25, -0.2) is 0 Å². The fourth-order valence-electron chi connectivity index (χ4n) is 3.40. The first kappa shape index (κ1) is 17.3. The smallest absolute Gasteiger partial charge is 0.247 e. The third kappa shape index (κ3) is 4.11. The summed E-state index contributed by atoms with van der Waals surface area (Å²) >= 11 is 11.9. The first-order valence-electron chi connectivity index (χ1n) is 8.26. The van der Waals surface area contributed by atoms with Crippen molar-refractivity contribution in [1.82, 2.24) is 4.90 Å². The van der Waals surface area contributed by atoms with E-state index in [-0.39, 0.29) is 11.8 Å². The molecule has 1 saturated heterocycles. The molecule has 4 nitrogen and oxygen atoms in total. The molecule has 1 aliphatic carbocycles. The molecule has 2 aliphatic rings. The van der Waals surface area contributed by atoms with Crippen LogP contribution in [0.5, 0.6) is 0 Å². The van der Waals surface area contributed by atoms with E-state index in [0.29, 0.717) is 41.0 Å². The van der Waals surface area contributed by atoms with E-state index in [0.717, 1.165) is 19.3 Å². The molecule has 2 atom stereocenters. The maximum atomic E-state index is 12.6. The van der Waals surface area contributed by atoms with Gasteiger partial charge in [0.2, 0.25) is 11.8 Å². The molecule has 128 valence electrons. The van der Waals surface area contributed by atoms with Gasteiger partial charge in [0, 0.05) is 28.7 Å². The number of anilines is 1. The lowest BCUT2D eigenvalue weighted by molar-refractivity contribution is -0.137. The Labute approximate surface area is 151 Å². The van der Waals surface area contributed by atoms with E-state index >= 15 is 0 Å². The van der Waals surface area contributed by atoms with Crippen molar-refractivity contribution in [3.63, 3.8) is 0 Å². The number of hydrogen-bond donors (Lipinski definition) is 1. The monoisotopic (exact) mass is 366 g/mol. The van der Waals surface area contributed by atoms with Gasteiger partial charge in [0.15, 0.2) is 0 Å². The highest BCUT2D eigenvalue weighted by Crippen LogP contribution is 2.27. The quantitative estimate of drug-likeness (QED) is 0.808. The number of halogens is 2. The van der Waals surface area contributed by atoms with Crippen LogP contribution in [0.15, 0.2) is 30.4 Å². The summed E-state index contributed by atoms with van der Waals surface area (Å²) in [5, 5.41) is 3.75. The van der Waals surface area contributed by atoms with Gasteiger partial charge in [-0.1, -0.05) is 35.4 Å². The molecular formula is C18H20Cl2N2O2. The molecule has 6 heteroatoms. The zero-order valence-corrected chi connectivity index (χ0v) is 14.8. The predicted octanol–water partition coefficient (Wildman–Crippen LogP) is 4.28. The molecule has 1 aromatic carbocycles. The lowest BCUT2D eigenvalue weighted by Gasteiger charge is -2.25. The normalized spacial score (nSPS) is 22.8. The second-order valence-electron chi connectivity index (χ2n) is 6.36. The van der Waals surface area contributed by atoms with Crippen LogP contribution in [0.4, 0.5) is 5.69 Å². The molecule has 0 unspecified atom stereocenters. The Bertz CT molecular complexity index is 655. The van der Waals surface area contributed by atoms with Gasteiger partial charge in [0.05, 0.1) is 0 Å². The number of likely N-dealkylation sites (tertiary alicyclic amines) is 1. The summed E-state index contributed by atoms with van der Waals surface area (Å²) in [6, 6.07) is 4.49. The van der Waals surface area contributed by atoms with Gasteiger partial charge in [0.25, 0.3) is 0 Å². The third-order valence-electron chi connectivity index (χ3n) is 4.56. The number of allylic oxidation sites excluding steroid dienone is 2. The lowest BCUT2D eigenvalue weighted by atomic mass is 10.0. The van der Waals surface area contributed by atoms with E-state index in [1.165, 1.54) is 0 Å². The summed E-state index contributed by atoms with van der Waals surface area (Å²) in [5.41, 5.74) is 0.551. The lowest BCUT2D eigenvalue weighted by Crippen LogP contribution is -2.43. The maximum Gasteiger partial charge on any atom is 0.247 e. The largest absolute Gasteiger partial charge is 0.331 e. The molecule has 1 N–H and O–H groups in total. The Morgan fingerprint density at radius 1 is 1.17 bits per heavy atom. The Balaban J connectivity index is 1.64. The molecule has 1 heterocycles. The standard InChI is InChI=1S/C18H20Cl2N2O2/c19-13-9-14(20)11-15(10-13)21-18(24)16-6-3-7-22(16)17(23)8-12-4-1-2-5-12/h1,4,9-12,16H,2-3,5-8H2,(H,21,24)/t12-,16+/m1/s1. The van der Waals surface area contributed by atoms with Gasteiger partial charge in [-0.3, -0.25) is 9.59 Å². The van der Waals surface area contributed by atoms with E-state index in [1.807, 2.05) is 0 Å². The van der Waals surface area contributed by atoms with Crippen LogP contribution in [0.1, 0.15) is 32.1 Å². The second kappa shape index (κ2) is 7.58. The first-order valence-corrected chi connectivity index (χ1v) is 9.01. The summed E-state index contributed by atoms with van der Waals surface area (Å²) in [7, 11) is 0. The molecule has 0 bridgehead atoms. The topological polar surface area (TPSA) is 49.4 Å². The Hall–Kier alpha value is -1.52. The molecule has 0 spiro atoms. The minimum absolute atomic E-state index is 0.0633. The Morgan fingerprint density at radius 2 is 1.92 bits per heavy atom. The van der Waals surface area contributed by atoms with E-state index in [2.05, 4.69) is 17.5 Å². The van der Waals surface area contributed by atoms with Crippen LogP contribution in [-0.2, 0) is 9.59 Å². The maximum absolute atomic E-state index is 12.6. The number of nitrogens with one attached hydrogen (secondary N) is 1. The molecule has 2 amide bonds. The van der Waals surface area contributed by atoms with E-state index in [1.54, 1.807) is 23.1 Å². The van der Waals surface area contributed by atoms with Crippen LogP contribution >= 0.6 is 23.2 Å². The zero-order chi connectivity index (χ0) is 17.1. The summed E-state index contributed by atoms with van der Waals surface area (Å²) in [6.07, 6.45) is 8.32. The van der Waals surface area contributed by atoms with Crippen LogP contribution < -0.4 is 5.32 Å². The predicted molar refractivity (Wildman–Crippen MR) is 96.3 cm³/mol. The molecule has 1 aromatic rings. The van der Waals surface area contributed by atoms with Crippen LogP contribution in [0, 0.1) is 5.92 Å². The summed E-state index contributed by atoms with van der Waals surface area (Å²) in [4.78, 5) is 26.8. The van der Waals surface area contributed by atoms with Gasteiger partial charge >= 0.3 is 0 Å². The highest BCUT2D eigenvalue weighted by atomic mass is 35.5. The minimum atomic E-state index is -0.416. The van der Waals surface area contributed by atoms with Crippen molar-refractivity contribution in [1.29, 1.82) is 0 Å². The zero-order valence-electron chi connectivity index (χ0n) is 13.3. The number of carbonyl (C=O) groups excluding carboxylic acids is 2. The Kier molecular flexibility index (Phi) is 5.47. The number of nitrogens with zero attached hydrogens (tertiary/aromatic N) is 1. The van der Waals surface area contributed by atoms with Crippen molar-refractivity contribution in [3.05, 3.63) is 40.4 Å². The average molecular weight is 367 g/mol. The van der Waals surface area contributed by atoms with Gasteiger partial charge in [-0.15, -0.1) is 0 Å². The summed E-state index contributed by atoms with van der Waals surface area (Å²) in [6.45, 7) is 0.643. The number of carbonyl (C=O) groups is 2. The summed E-state index contributed by atoms with van der Waals surface area (Å²) < 4.78 is 0. The Morgan fingerprint density at radius 3 is 2.58 bits per heavy atom. The second-order valence-corrected chi connectivity index (χ2v) is 7.24. The number of amides is 2. The van der Waals surface area contributed by atoms with Gasteiger partial charge in [0.1, 0.15) is 6.04 Å². The first-order chi connectivity index (χ1) is 11.5. The SMILES string of the molecule is O=C(Nc1cc(Cl)cc(Cl)c1)[C@@H]1CCCN1C(=O)C[C@@H]1C=CCC1. The van der Waals surface area contributed by atoms with Crippen LogP contribution in [0.25, 0.3) is 0 Å². The number of rotatable bonds is 4. The van der Waals surface area contributed by atoms with Gasteiger partial charge in [-0.05, 0) is 49.8 Å². The van der Waals surface area contributed by atoms with Crippen molar-refractivity contribution in [3.8, 4) is 0 Å². The highest BCUT2D eigenvalue weighted by Gasteiger charge is 2.34. The van der Waals surface area contributed by atoms with Crippen molar-refractivity contribution in [2.75, 3.05) is 11.9 Å². The molecule has 24 heavy (non-hydrogen) atoms. The molecule has 3 rings (SSSR count). The number of hydrogen-bond acceptors (Lipinski definition) is 2. The minimum Gasteiger partial charge on any atom is -0.331 e. The van der Waals surface area contributed by atoms with Gasteiger partial charge < -0.3 is 10.2 Å². The van der Waals surface area contributed by atoms with E-state index in [4.69, 9.17) is 23.2 Å². The fourth-order valence-corrected chi connectivity index (χ4v) is 3.92. The fraction of sp³-hybridized carbons (Fsp3) is 0.444. The average Bonchev–Trinajstić information content (AvgIpc) is 3.16.